The quantitative estimate of drug-likeness (QED) is 0.653. The molecular formula is C12H10BrClN4O2. The van der Waals surface area contributed by atoms with Gasteiger partial charge in [0.05, 0.1) is 16.9 Å². The Bertz CT molecular complexity index is 665. The van der Waals surface area contributed by atoms with Gasteiger partial charge < -0.3 is 5.11 Å². The minimum Gasteiger partial charge on any atom is -0.507 e. The topological polar surface area (TPSA) is 79.5 Å². The van der Waals surface area contributed by atoms with Crippen LogP contribution in [0.5, 0.6) is 5.75 Å². The molecule has 104 valence electrons. The third-order valence-corrected chi connectivity index (χ3v) is 3.28. The molecule has 0 aliphatic rings. The summed E-state index contributed by atoms with van der Waals surface area (Å²) in [6.07, 6.45) is 2.82. The molecule has 0 atom stereocenters. The second-order valence-electron chi connectivity index (χ2n) is 3.87. The predicted molar refractivity (Wildman–Crippen MR) is 79.1 cm³/mol. The number of carbonyl (C=O) groups excluding carboxylic acids is 1. The number of aromatic hydroxyl groups is 1. The lowest BCUT2D eigenvalue weighted by molar-refractivity contribution is 0.0945. The zero-order valence-corrected chi connectivity index (χ0v) is 12.7. The van der Waals surface area contributed by atoms with Crippen molar-refractivity contribution in [2.24, 2.45) is 12.1 Å². The molecule has 6 nitrogen and oxygen atoms in total. The number of phenols is 1. The van der Waals surface area contributed by atoms with Gasteiger partial charge in [0.2, 0.25) is 0 Å². The molecule has 20 heavy (non-hydrogen) atoms. The van der Waals surface area contributed by atoms with Gasteiger partial charge in [-0.1, -0.05) is 11.6 Å². The highest BCUT2D eigenvalue weighted by atomic mass is 79.9. The molecule has 1 amide bonds. The zero-order valence-electron chi connectivity index (χ0n) is 10.3. The fraction of sp³-hybridized carbons (Fsp3) is 0.0833. The largest absolute Gasteiger partial charge is 0.507 e. The van der Waals surface area contributed by atoms with Crippen molar-refractivity contribution >= 4 is 39.7 Å². The monoisotopic (exact) mass is 356 g/mol. The molecule has 2 rings (SSSR count). The van der Waals surface area contributed by atoms with Crippen molar-refractivity contribution in [2.45, 2.75) is 0 Å². The van der Waals surface area contributed by atoms with Crippen LogP contribution in [0.25, 0.3) is 0 Å². The molecule has 1 aromatic heterocycles. The van der Waals surface area contributed by atoms with E-state index in [-0.39, 0.29) is 5.75 Å². The third kappa shape index (κ3) is 3.17. The van der Waals surface area contributed by atoms with Crippen molar-refractivity contribution < 1.29 is 9.90 Å². The summed E-state index contributed by atoms with van der Waals surface area (Å²) in [7, 11) is 1.65. The first-order valence-electron chi connectivity index (χ1n) is 5.48. The second-order valence-corrected chi connectivity index (χ2v) is 5.16. The van der Waals surface area contributed by atoms with E-state index in [1.807, 2.05) is 0 Å². The van der Waals surface area contributed by atoms with Gasteiger partial charge in [-0.3, -0.25) is 9.48 Å². The lowest BCUT2D eigenvalue weighted by Gasteiger charge is -2.02. The van der Waals surface area contributed by atoms with E-state index in [1.165, 1.54) is 29.2 Å². The molecule has 1 heterocycles. The van der Waals surface area contributed by atoms with Crippen LogP contribution in [0, 0.1) is 0 Å². The summed E-state index contributed by atoms with van der Waals surface area (Å²) in [5.41, 5.74) is 3.10. The molecule has 0 aliphatic carbocycles. The van der Waals surface area contributed by atoms with E-state index in [0.29, 0.717) is 20.8 Å². The van der Waals surface area contributed by atoms with Crippen LogP contribution in [0.2, 0.25) is 5.02 Å². The first-order chi connectivity index (χ1) is 9.49. The molecule has 0 saturated heterocycles. The van der Waals surface area contributed by atoms with E-state index in [0.717, 1.165) is 0 Å². The summed E-state index contributed by atoms with van der Waals surface area (Å²) in [6.45, 7) is 0. The van der Waals surface area contributed by atoms with Crippen LogP contribution in [0.15, 0.2) is 34.0 Å². The highest BCUT2D eigenvalue weighted by Crippen LogP contribution is 2.19. The maximum atomic E-state index is 11.9. The Balaban J connectivity index is 2.10. The number of aromatic nitrogens is 2. The van der Waals surface area contributed by atoms with E-state index in [9.17, 15) is 9.90 Å². The molecule has 2 N–H and O–H groups in total. The van der Waals surface area contributed by atoms with E-state index in [1.54, 1.807) is 13.1 Å². The van der Waals surface area contributed by atoms with E-state index in [2.05, 4.69) is 31.6 Å². The van der Waals surface area contributed by atoms with Gasteiger partial charge in [-0.05, 0) is 34.1 Å². The predicted octanol–water partition coefficient (Wildman–Crippen LogP) is 2.31. The minimum absolute atomic E-state index is 0.0223. The molecule has 2 aromatic rings. The summed E-state index contributed by atoms with van der Waals surface area (Å²) in [5, 5.41) is 17.8. The van der Waals surface area contributed by atoms with Crippen molar-refractivity contribution in [1.29, 1.82) is 0 Å². The van der Waals surface area contributed by atoms with Crippen molar-refractivity contribution in [3.05, 3.63) is 45.1 Å². The molecule has 0 fully saturated rings. The Kier molecular flexibility index (Phi) is 4.41. The van der Waals surface area contributed by atoms with Crippen molar-refractivity contribution in [3.8, 4) is 5.75 Å². The van der Waals surface area contributed by atoms with Crippen LogP contribution in [-0.2, 0) is 7.05 Å². The number of benzene rings is 1. The highest BCUT2D eigenvalue weighted by molar-refractivity contribution is 9.10. The molecule has 0 radical (unpaired) electrons. The maximum Gasteiger partial charge on any atom is 0.290 e. The Morgan fingerprint density at radius 2 is 2.35 bits per heavy atom. The van der Waals surface area contributed by atoms with Crippen LogP contribution in [0.3, 0.4) is 0 Å². The number of amides is 1. The lowest BCUT2D eigenvalue weighted by Crippen LogP contribution is -2.21. The van der Waals surface area contributed by atoms with Crippen molar-refractivity contribution in [2.75, 3.05) is 0 Å². The van der Waals surface area contributed by atoms with Gasteiger partial charge in [-0.2, -0.15) is 10.2 Å². The summed E-state index contributed by atoms with van der Waals surface area (Å²) in [6, 6.07) is 4.54. The minimum atomic E-state index is -0.422. The second kappa shape index (κ2) is 6.06. The number of carbonyl (C=O) groups is 1. The van der Waals surface area contributed by atoms with Crippen molar-refractivity contribution in [1.82, 2.24) is 15.2 Å². The third-order valence-electron chi connectivity index (χ3n) is 2.47. The number of hydrazone groups is 1. The SMILES string of the molecule is Cn1ncc(Br)c1C(=O)N/N=C\c1cc(Cl)ccc1O. The molecule has 0 saturated carbocycles. The van der Waals surface area contributed by atoms with Crippen LogP contribution in [0.1, 0.15) is 16.1 Å². The van der Waals surface area contributed by atoms with Gasteiger partial charge in [0.1, 0.15) is 11.4 Å². The number of nitrogens with one attached hydrogen (secondary N) is 1. The van der Waals surface area contributed by atoms with Crippen LogP contribution in [0.4, 0.5) is 0 Å². The van der Waals surface area contributed by atoms with Crippen molar-refractivity contribution in [3.63, 3.8) is 0 Å². The Labute approximate surface area is 128 Å². The van der Waals surface area contributed by atoms with Crippen LogP contribution < -0.4 is 5.43 Å². The summed E-state index contributed by atoms with van der Waals surface area (Å²) in [5.74, 6) is -0.399. The first-order valence-corrected chi connectivity index (χ1v) is 6.65. The normalized spacial score (nSPS) is 10.9. The van der Waals surface area contributed by atoms with E-state index < -0.39 is 5.91 Å². The molecule has 0 spiro atoms. The number of hydrogen-bond donors (Lipinski definition) is 2. The maximum absolute atomic E-state index is 11.9. The smallest absolute Gasteiger partial charge is 0.290 e. The van der Waals surface area contributed by atoms with Gasteiger partial charge in [0, 0.05) is 17.6 Å². The summed E-state index contributed by atoms with van der Waals surface area (Å²) >= 11 is 9.03. The number of halogens is 2. The van der Waals surface area contributed by atoms with Gasteiger partial charge in [0.15, 0.2) is 0 Å². The molecule has 1 aromatic carbocycles. The van der Waals surface area contributed by atoms with E-state index >= 15 is 0 Å². The van der Waals surface area contributed by atoms with Gasteiger partial charge >= 0.3 is 0 Å². The average Bonchev–Trinajstić information content (AvgIpc) is 2.73. The Hall–Kier alpha value is -1.86. The molecule has 8 heteroatoms. The van der Waals surface area contributed by atoms with Crippen LogP contribution >= 0.6 is 27.5 Å². The van der Waals surface area contributed by atoms with Gasteiger partial charge in [-0.15, -0.1) is 0 Å². The summed E-state index contributed by atoms with van der Waals surface area (Å²) in [4.78, 5) is 11.9. The van der Waals surface area contributed by atoms with E-state index in [4.69, 9.17) is 11.6 Å². The standard InChI is InChI=1S/C12H10BrClN4O2/c1-18-11(9(13)6-16-18)12(20)17-15-5-7-4-8(14)2-3-10(7)19/h2-6,19H,1H3,(H,17,20)/b15-5-. The number of phenolic OH excluding ortho intramolecular Hbond substituents is 1. The number of aryl methyl sites for hydroxylation is 1. The highest BCUT2D eigenvalue weighted by Gasteiger charge is 2.14. The Morgan fingerprint density at radius 1 is 1.60 bits per heavy atom. The first kappa shape index (κ1) is 14.5. The Morgan fingerprint density at radius 3 is 3.00 bits per heavy atom. The fourth-order valence-corrected chi connectivity index (χ4v) is 2.22. The fourth-order valence-electron chi connectivity index (χ4n) is 1.51. The lowest BCUT2D eigenvalue weighted by atomic mass is 10.2. The average molecular weight is 358 g/mol. The molecular weight excluding hydrogens is 348 g/mol. The number of hydrogen-bond acceptors (Lipinski definition) is 4. The van der Waals surface area contributed by atoms with Gasteiger partial charge in [0.25, 0.3) is 5.91 Å². The molecule has 0 unspecified atom stereocenters. The zero-order chi connectivity index (χ0) is 14.7. The van der Waals surface area contributed by atoms with Crippen LogP contribution in [-0.4, -0.2) is 27.0 Å². The molecule has 0 bridgehead atoms. The number of nitrogens with zero attached hydrogens (tertiary/aromatic N) is 3. The summed E-state index contributed by atoms with van der Waals surface area (Å²) < 4.78 is 1.99. The number of rotatable bonds is 3. The molecule has 0 aliphatic heterocycles. The van der Waals surface area contributed by atoms with Gasteiger partial charge in [-0.25, -0.2) is 5.43 Å².